The molecule has 0 aliphatic rings. The molecule has 8 heteroatoms. The molecule has 0 radical (unpaired) electrons. The predicted octanol–water partition coefficient (Wildman–Crippen LogP) is 4.79. The van der Waals surface area contributed by atoms with Gasteiger partial charge in [-0.2, -0.15) is 0 Å². The fraction of sp³-hybridized carbons (Fsp3) is 1.00. The molecule has 0 aromatic heterocycles. The molecule has 0 aliphatic heterocycles. The van der Waals surface area contributed by atoms with E-state index in [1.807, 2.05) is 0 Å². The van der Waals surface area contributed by atoms with Crippen molar-refractivity contribution in [2.45, 2.75) is 78.7 Å². The first-order valence-corrected chi connectivity index (χ1v) is 19.8. The lowest BCUT2D eigenvalue weighted by molar-refractivity contribution is 0.0822. The molecule has 0 rings (SSSR count). The second-order valence-electron chi connectivity index (χ2n) is 8.35. The molecule has 21 heavy (non-hydrogen) atoms. The lowest BCUT2D eigenvalue weighted by Gasteiger charge is -2.40. The molecule has 0 aromatic rings. The molecule has 0 heterocycles. The Morgan fingerprint density at radius 3 is 1.19 bits per heavy atom. The topological polar surface area (TPSA) is 36.9 Å². The molecular formula is C13H36O4Si4. The van der Waals surface area contributed by atoms with Gasteiger partial charge in [0.2, 0.25) is 0 Å². The van der Waals surface area contributed by atoms with E-state index in [9.17, 15) is 0 Å². The Bertz CT molecular complexity index is 264. The van der Waals surface area contributed by atoms with Crippen molar-refractivity contribution in [3.8, 4) is 0 Å². The van der Waals surface area contributed by atoms with Crippen LogP contribution in [-0.4, -0.2) is 40.6 Å². The summed E-state index contributed by atoms with van der Waals surface area (Å²) in [4.78, 5) is 0. The van der Waals surface area contributed by atoms with Crippen LogP contribution in [0.5, 0.6) is 0 Å². The van der Waals surface area contributed by atoms with Crippen molar-refractivity contribution in [2.75, 3.05) is 6.61 Å². The van der Waals surface area contributed by atoms with Gasteiger partial charge < -0.3 is 16.8 Å². The van der Waals surface area contributed by atoms with Crippen molar-refractivity contribution in [3.05, 3.63) is 0 Å². The summed E-state index contributed by atoms with van der Waals surface area (Å²) < 4.78 is 25.4. The largest absolute Gasteiger partial charge is 0.647 e. The lowest BCUT2D eigenvalue weighted by atomic mass is 10.4. The zero-order valence-electron chi connectivity index (χ0n) is 15.8. The normalized spacial score (nSPS) is 14.6. The SMILES string of the molecule is CCCCO[Si](O[Si](C)(C)C)(O[Si](C)(C)C)O[Si](C)(C)C. The Kier molecular flexibility index (Phi) is 8.27. The first-order valence-electron chi connectivity index (χ1n) is 7.92. The van der Waals surface area contributed by atoms with Gasteiger partial charge in [-0.05, 0) is 65.3 Å². The van der Waals surface area contributed by atoms with Gasteiger partial charge >= 0.3 is 9.05 Å². The summed E-state index contributed by atoms with van der Waals surface area (Å²) in [5.74, 6) is 0. The van der Waals surface area contributed by atoms with Crippen molar-refractivity contribution in [1.29, 1.82) is 0 Å². The van der Waals surface area contributed by atoms with Gasteiger partial charge in [-0.15, -0.1) is 0 Å². The number of hydrogen-bond donors (Lipinski definition) is 0. The molecular weight excluding hydrogens is 332 g/mol. The minimum atomic E-state index is -3.05. The van der Waals surface area contributed by atoms with E-state index in [-0.39, 0.29) is 0 Å². The molecule has 0 saturated heterocycles. The van der Waals surface area contributed by atoms with E-state index in [2.05, 4.69) is 65.8 Å². The maximum absolute atomic E-state index is 6.40. The molecule has 0 aromatic carbocycles. The van der Waals surface area contributed by atoms with Crippen LogP contribution in [0.1, 0.15) is 19.8 Å². The van der Waals surface area contributed by atoms with Gasteiger partial charge in [-0.1, -0.05) is 13.3 Å². The zero-order valence-corrected chi connectivity index (χ0v) is 19.8. The smallest absolute Gasteiger partial charge is 0.395 e. The Labute approximate surface area is 136 Å². The van der Waals surface area contributed by atoms with Crippen LogP contribution in [0.25, 0.3) is 0 Å². The first kappa shape index (κ1) is 21.7. The summed E-state index contributed by atoms with van der Waals surface area (Å²) in [6.45, 7) is 22.3. The van der Waals surface area contributed by atoms with Crippen LogP contribution in [-0.2, 0) is 16.8 Å². The van der Waals surface area contributed by atoms with Gasteiger partial charge in [-0.3, -0.25) is 0 Å². The molecule has 0 unspecified atom stereocenters. The highest BCUT2D eigenvalue weighted by atomic mass is 28.5. The fourth-order valence-corrected chi connectivity index (χ4v) is 13.3. The van der Waals surface area contributed by atoms with Crippen molar-refractivity contribution >= 4 is 34.0 Å². The van der Waals surface area contributed by atoms with E-state index in [0.717, 1.165) is 12.8 Å². The maximum atomic E-state index is 6.40. The minimum absolute atomic E-state index is 0.655. The quantitative estimate of drug-likeness (QED) is 0.410. The van der Waals surface area contributed by atoms with Crippen LogP contribution in [0.4, 0.5) is 0 Å². The second-order valence-corrected chi connectivity index (χ2v) is 24.8. The predicted molar refractivity (Wildman–Crippen MR) is 99.9 cm³/mol. The average molecular weight is 369 g/mol. The highest BCUT2D eigenvalue weighted by Crippen LogP contribution is 2.26. The van der Waals surface area contributed by atoms with Crippen LogP contribution >= 0.6 is 0 Å². The van der Waals surface area contributed by atoms with Crippen LogP contribution < -0.4 is 0 Å². The van der Waals surface area contributed by atoms with Gasteiger partial charge in [0, 0.05) is 6.61 Å². The van der Waals surface area contributed by atoms with Gasteiger partial charge in [0.05, 0.1) is 0 Å². The zero-order chi connectivity index (χ0) is 16.9. The molecule has 0 bridgehead atoms. The van der Waals surface area contributed by atoms with E-state index >= 15 is 0 Å². The number of unbranched alkanes of at least 4 members (excludes halogenated alkanes) is 1. The molecule has 128 valence electrons. The van der Waals surface area contributed by atoms with Gasteiger partial charge in [0.15, 0.2) is 25.0 Å². The van der Waals surface area contributed by atoms with E-state index in [0.29, 0.717) is 6.61 Å². The molecule has 0 atom stereocenters. The molecule has 0 amide bonds. The standard InChI is InChI=1S/C13H36O4Si4/c1-11-12-13-14-21(15-18(2,3)4,16-19(5,6)7)17-20(8,9)10/h11-13H2,1-10H3. The van der Waals surface area contributed by atoms with Crippen molar-refractivity contribution in [2.24, 2.45) is 0 Å². The second kappa shape index (κ2) is 8.00. The monoisotopic (exact) mass is 368 g/mol. The summed E-state index contributed by atoms with van der Waals surface area (Å²) in [5, 5.41) is 0. The van der Waals surface area contributed by atoms with Crippen LogP contribution in [0.3, 0.4) is 0 Å². The Hall–Kier alpha value is 0.708. The summed E-state index contributed by atoms with van der Waals surface area (Å²) in [5.41, 5.74) is 0. The molecule has 0 saturated carbocycles. The third-order valence-electron chi connectivity index (χ3n) is 2.07. The van der Waals surface area contributed by atoms with Gasteiger partial charge in [0.25, 0.3) is 0 Å². The van der Waals surface area contributed by atoms with Crippen LogP contribution in [0, 0.1) is 0 Å². The third-order valence-corrected chi connectivity index (χ3v) is 13.0. The highest BCUT2D eigenvalue weighted by molar-refractivity contribution is 6.87. The molecule has 4 nitrogen and oxygen atoms in total. The minimum Gasteiger partial charge on any atom is -0.395 e. The van der Waals surface area contributed by atoms with Crippen molar-refractivity contribution in [3.63, 3.8) is 0 Å². The van der Waals surface area contributed by atoms with Crippen molar-refractivity contribution in [1.82, 2.24) is 0 Å². The van der Waals surface area contributed by atoms with Crippen molar-refractivity contribution < 1.29 is 16.8 Å². The summed E-state index contributed by atoms with van der Waals surface area (Å²) in [7, 11) is -8.52. The maximum Gasteiger partial charge on any atom is 0.647 e. The van der Waals surface area contributed by atoms with E-state index < -0.39 is 34.0 Å². The van der Waals surface area contributed by atoms with E-state index in [1.165, 1.54) is 0 Å². The summed E-state index contributed by atoms with van der Waals surface area (Å²) >= 11 is 0. The first-order chi connectivity index (χ1) is 9.18. The third kappa shape index (κ3) is 11.9. The highest BCUT2D eigenvalue weighted by Gasteiger charge is 2.53. The van der Waals surface area contributed by atoms with Crippen LogP contribution in [0.15, 0.2) is 0 Å². The van der Waals surface area contributed by atoms with Gasteiger partial charge in [0.1, 0.15) is 0 Å². The average Bonchev–Trinajstić information content (AvgIpc) is 2.08. The van der Waals surface area contributed by atoms with E-state index in [4.69, 9.17) is 16.8 Å². The molecule has 0 N–H and O–H groups in total. The number of hydrogen-bond acceptors (Lipinski definition) is 4. The van der Waals surface area contributed by atoms with E-state index in [1.54, 1.807) is 0 Å². The Morgan fingerprint density at radius 2 is 0.952 bits per heavy atom. The molecule has 0 spiro atoms. The number of rotatable bonds is 10. The Balaban J connectivity index is 5.36. The molecule has 0 fully saturated rings. The summed E-state index contributed by atoms with van der Waals surface area (Å²) in [6.07, 6.45) is 2.10. The lowest BCUT2D eigenvalue weighted by Crippen LogP contribution is -2.62. The molecule has 0 aliphatic carbocycles. The van der Waals surface area contributed by atoms with Gasteiger partial charge in [-0.25, -0.2) is 0 Å². The van der Waals surface area contributed by atoms with Crippen LogP contribution in [0.2, 0.25) is 58.9 Å². The fourth-order valence-electron chi connectivity index (χ4n) is 1.62. The summed E-state index contributed by atoms with van der Waals surface area (Å²) in [6, 6.07) is 0. The Morgan fingerprint density at radius 1 is 0.619 bits per heavy atom.